The fourth-order valence-electron chi connectivity index (χ4n) is 2.37. The van der Waals surface area contributed by atoms with Gasteiger partial charge < -0.3 is 20.4 Å². The van der Waals surface area contributed by atoms with E-state index in [0.717, 1.165) is 24.2 Å². The number of hydrogen-bond acceptors (Lipinski definition) is 4. The van der Waals surface area contributed by atoms with Crippen molar-refractivity contribution in [3.05, 3.63) is 29.3 Å². The van der Waals surface area contributed by atoms with Crippen molar-refractivity contribution in [2.24, 2.45) is 0 Å². The van der Waals surface area contributed by atoms with Crippen LogP contribution in [0.5, 0.6) is 0 Å². The van der Waals surface area contributed by atoms with Crippen molar-refractivity contribution < 1.29 is 15.0 Å². The molecule has 1 fully saturated rings. The first kappa shape index (κ1) is 14.8. The molecule has 0 radical (unpaired) electrons. The second-order valence-electron chi connectivity index (χ2n) is 5.30. The molecule has 2 atom stereocenters. The summed E-state index contributed by atoms with van der Waals surface area (Å²) in [4.78, 5) is 13.8. The second kappa shape index (κ2) is 6.24. The van der Waals surface area contributed by atoms with Crippen molar-refractivity contribution >= 4 is 11.6 Å². The summed E-state index contributed by atoms with van der Waals surface area (Å²) in [5.74, 6) is -0.147. The fourth-order valence-corrected chi connectivity index (χ4v) is 2.37. The number of nitrogens with zero attached hydrogens (tertiary/aromatic N) is 1. The number of rotatable bonds is 4. The summed E-state index contributed by atoms with van der Waals surface area (Å²) < 4.78 is 0. The van der Waals surface area contributed by atoms with Gasteiger partial charge in [0.25, 0.3) is 5.91 Å². The molecule has 0 aliphatic carbocycles. The van der Waals surface area contributed by atoms with E-state index in [4.69, 9.17) is 0 Å². The number of hydrogen-bond donors (Lipinski definition) is 3. The fraction of sp³-hybridized carbons (Fsp3) is 0.533. The number of anilines is 1. The highest BCUT2D eigenvalue weighted by atomic mass is 16.3. The lowest BCUT2D eigenvalue weighted by atomic mass is 10.1. The monoisotopic (exact) mass is 278 g/mol. The molecular weight excluding hydrogens is 256 g/mol. The van der Waals surface area contributed by atoms with Gasteiger partial charge in [-0.2, -0.15) is 0 Å². The van der Waals surface area contributed by atoms with Gasteiger partial charge in [0, 0.05) is 30.9 Å². The van der Waals surface area contributed by atoms with Crippen LogP contribution in [0.1, 0.15) is 29.3 Å². The van der Waals surface area contributed by atoms with Crippen molar-refractivity contribution in [2.75, 3.05) is 25.0 Å². The number of carbonyl (C=O) groups excluding carboxylic acids is 1. The number of benzene rings is 1. The predicted octanol–water partition coefficient (Wildman–Crippen LogP) is 0.995. The Balaban J connectivity index is 2.09. The molecule has 0 aromatic heterocycles. The number of likely N-dealkylation sites (tertiary alicyclic amines) is 1. The Bertz CT molecular complexity index is 480. The Labute approximate surface area is 119 Å². The molecule has 0 saturated carbocycles. The number of β-amino-alcohol motifs (C(OH)–C–C–N with tert-alkyl or cyclic N) is 2. The third-order valence-corrected chi connectivity index (χ3v) is 3.59. The Kier molecular flexibility index (Phi) is 4.62. The SMILES string of the molecule is CCCNc1ccc(C(=O)N2CC(O)C(O)C2)cc1C. The highest BCUT2D eigenvalue weighted by Gasteiger charge is 2.32. The van der Waals surface area contributed by atoms with Gasteiger partial charge in [0.1, 0.15) is 0 Å². The summed E-state index contributed by atoms with van der Waals surface area (Å²) in [6, 6.07) is 5.53. The normalized spacial score (nSPS) is 22.1. The molecule has 1 amide bonds. The summed E-state index contributed by atoms with van der Waals surface area (Å²) in [7, 11) is 0. The largest absolute Gasteiger partial charge is 0.388 e. The van der Waals surface area contributed by atoms with Gasteiger partial charge in [-0.1, -0.05) is 6.92 Å². The van der Waals surface area contributed by atoms with Crippen LogP contribution in [0.2, 0.25) is 0 Å². The molecular formula is C15H22N2O3. The van der Waals surface area contributed by atoms with E-state index in [1.54, 1.807) is 6.07 Å². The van der Waals surface area contributed by atoms with E-state index in [0.29, 0.717) is 5.56 Å². The summed E-state index contributed by atoms with van der Waals surface area (Å²) in [5, 5.41) is 22.3. The Morgan fingerprint density at radius 2 is 2.00 bits per heavy atom. The first-order valence-corrected chi connectivity index (χ1v) is 7.03. The Hall–Kier alpha value is -1.59. The number of amides is 1. The number of aliphatic hydroxyl groups excluding tert-OH is 2. The molecule has 3 N–H and O–H groups in total. The third-order valence-electron chi connectivity index (χ3n) is 3.59. The molecule has 20 heavy (non-hydrogen) atoms. The van der Waals surface area contributed by atoms with Crippen LogP contribution in [0, 0.1) is 6.92 Å². The Morgan fingerprint density at radius 3 is 2.55 bits per heavy atom. The van der Waals surface area contributed by atoms with Crippen molar-refractivity contribution in [2.45, 2.75) is 32.5 Å². The summed E-state index contributed by atoms with van der Waals surface area (Å²) in [6.07, 6.45) is -0.639. The summed E-state index contributed by atoms with van der Waals surface area (Å²) in [5.41, 5.74) is 2.64. The second-order valence-corrected chi connectivity index (χ2v) is 5.30. The minimum Gasteiger partial charge on any atom is -0.388 e. The van der Waals surface area contributed by atoms with E-state index in [1.165, 1.54) is 4.90 Å². The highest BCUT2D eigenvalue weighted by molar-refractivity contribution is 5.95. The molecule has 0 bridgehead atoms. The topological polar surface area (TPSA) is 72.8 Å². The number of aryl methyl sites for hydroxylation is 1. The van der Waals surface area contributed by atoms with Crippen LogP contribution < -0.4 is 5.32 Å². The lowest BCUT2D eigenvalue weighted by Gasteiger charge is -2.16. The van der Waals surface area contributed by atoms with Crippen LogP contribution >= 0.6 is 0 Å². The lowest BCUT2D eigenvalue weighted by molar-refractivity contribution is 0.0572. The molecule has 1 aliphatic heterocycles. The van der Waals surface area contributed by atoms with E-state index < -0.39 is 12.2 Å². The van der Waals surface area contributed by atoms with E-state index in [1.807, 2.05) is 19.1 Å². The number of nitrogens with one attached hydrogen (secondary N) is 1. The van der Waals surface area contributed by atoms with Gasteiger partial charge in [-0.15, -0.1) is 0 Å². The van der Waals surface area contributed by atoms with Gasteiger partial charge in [-0.3, -0.25) is 4.79 Å². The van der Waals surface area contributed by atoms with Gasteiger partial charge in [0.15, 0.2) is 0 Å². The average molecular weight is 278 g/mol. The molecule has 5 nitrogen and oxygen atoms in total. The maximum atomic E-state index is 12.3. The molecule has 110 valence electrons. The number of aliphatic hydroxyl groups is 2. The van der Waals surface area contributed by atoms with Crippen LogP contribution in [0.15, 0.2) is 18.2 Å². The van der Waals surface area contributed by atoms with E-state index in [2.05, 4.69) is 12.2 Å². The summed E-state index contributed by atoms with van der Waals surface area (Å²) in [6.45, 7) is 5.34. The van der Waals surface area contributed by atoms with Gasteiger partial charge in [0.2, 0.25) is 0 Å². The van der Waals surface area contributed by atoms with Crippen molar-refractivity contribution in [1.82, 2.24) is 4.90 Å². The van der Waals surface area contributed by atoms with Crippen LogP contribution in [0.25, 0.3) is 0 Å². The Morgan fingerprint density at radius 1 is 1.35 bits per heavy atom. The zero-order chi connectivity index (χ0) is 14.7. The van der Waals surface area contributed by atoms with Crippen molar-refractivity contribution in [3.8, 4) is 0 Å². The molecule has 1 heterocycles. The lowest BCUT2D eigenvalue weighted by Crippen LogP contribution is -2.29. The maximum absolute atomic E-state index is 12.3. The molecule has 1 aromatic rings. The highest BCUT2D eigenvalue weighted by Crippen LogP contribution is 2.20. The first-order chi connectivity index (χ1) is 9.52. The molecule has 1 aromatic carbocycles. The van der Waals surface area contributed by atoms with Gasteiger partial charge in [0.05, 0.1) is 12.2 Å². The molecule has 1 aliphatic rings. The van der Waals surface area contributed by atoms with Crippen LogP contribution in [-0.4, -0.2) is 52.9 Å². The quantitative estimate of drug-likeness (QED) is 0.768. The maximum Gasteiger partial charge on any atom is 0.254 e. The minimum atomic E-state index is -0.842. The van der Waals surface area contributed by atoms with Crippen LogP contribution in [0.4, 0.5) is 5.69 Å². The molecule has 1 saturated heterocycles. The minimum absolute atomic E-state index is 0.147. The molecule has 5 heteroatoms. The van der Waals surface area contributed by atoms with Gasteiger partial charge >= 0.3 is 0 Å². The van der Waals surface area contributed by atoms with E-state index >= 15 is 0 Å². The van der Waals surface area contributed by atoms with Crippen LogP contribution in [-0.2, 0) is 0 Å². The standard InChI is InChI=1S/C15H22N2O3/c1-3-6-16-12-5-4-11(7-10(12)2)15(20)17-8-13(18)14(19)9-17/h4-5,7,13-14,16,18-19H,3,6,8-9H2,1-2H3. The van der Waals surface area contributed by atoms with E-state index in [-0.39, 0.29) is 19.0 Å². The van der Waals surface area contributed by atoms with Crippen LogP contribution in [0.3, 0.4) is 0 Å². The summed E-state index contributed by atoms with van der Waals surface area (Å²) >= 11 is 0. The van der Waals surface area contributed by atoms with Gasteiger partial charge in [-0.25, -0.2) is 0 Å². The number of carbonyl (C=O) groups is 1. The zero-order valence-corrected chi connectivity index (χ0v) is 12.0. The first-order valence-electron chi connectivity index (χ1n) is 7.03. The van der Waals surface area contributed by atoms with Gasteiger partial charge in [-0.05, 0) is 37.1 Å². The zero-order valence-electron chi connectivity index (χ0n) is 12.0. The average Bonchev–Trinajstić information content (AvgIpc) is 2.76. The predicted molar refractivity (Wildman–Crippen MR) is 77.9 cm³/mol. The third kappa shape index (κ3) is 3.11. The molecule has 0 spiro atoms. The van der Waals surface area contributed by atoms with Crippen molar-refractivity contribution in [1.29, 1.82) is 0 Å². The molecule has 2 rings (SSSR count). The smallest absolute Gasteiger partial charge is 0.254 e. The van der Waals surface area contributed by atoms with Crippen molar-refractivity contribution in [3.63, 3.8) is 0 Å². The van der Waals surface area contributed by atoms with E-state index in [9.17, 15) is 15.0 Å². The molecule has 2 unspecified atom stereocenters.